The smallest absolute Gasteiger partial charge is 0.0769 e. The number of β-amino-alcohol motifs (C(OH)–C–C–N with tert-alkyl or cyclic N) is 1. The number of hydrogen-bond acceptors (Lipinski definition) is 3. The molecule has 3 nitrogen and oxygen atoms in total. The highest BCUT2D eigenvalue weighted by Gasteiger charge is 2.32. The van der Waals surface area contributed by atoms with Gasteiger partial charge < -0.3 is 10.4 Å². The Bertz CT molecular complexity index is 182. The van der Waals surface area contributed by atoms with Gasteiger partial charge in [-0.25, -0.2) is 0 Å². The molecule has 1 heterocycles. The van der Waals surface area contributed by atoms with Crippen LogP contribution in [0, 0.1) is 0 Å². The number of hydrogen-bond donors (Lipinski definition) is 2. The van der Waals surface area contributed by atoms with Crippen LogP contribution < -0.4 is 5.32 Å². The fourth-order valence-corrected chi connectivity index (χ4v) is 2.30. The van der Waals surface area contributed by atoms with Gasteiger partial charge in [0.1, 0.15) is 0 Å². The molecule has 0 saturated carbocycles. The van der Waals surface area contributed by atoms with Gasteiger partial charge in [-0.05, 0) is 26.7 Å². The van der Waals surface area contributed by atoms with E-state index < -0.39 is 5.60 Å². The van der Waals surface area contributed by atoms with E-state index in [0.717, 1.165) is 32.5 Å². The van der Waals surface area contributed by atoms with Crippen molar-refractivity contribution < 1.29 is 5.11 Å². The Labute approximate surface area is 93.9 Å². The Morgan fingerprint density at radius 2 is 1.67 bits per heavy atom. The van der Waals surface area contributed by atoms with Crippen LogP contribution in [-0.4, -0.2) is 47.3 Å². The first-order valence-electron chi connectivity index (χ1n) is 6.21. The maximum atomic E-state index is 10.4. The number of rotatable bonds is 4. The number of nitrogens with one attached hydrogen (secondary N) is 1. The quantitative estimate of drug-likeness (QED) is 0.738. The molecule has 90 valence electrons. The minimum Gasteiger partial charge on any atom is -0.389 e. The van der Waals surface area contributed by atoms with E-state index in [0.29, 0.717) is 12.1 Å². The fourth-order valence-electron chi connectivity index (χ4n) is 2.30. The summed E-state index contributed by atoms with van der Waals surface area (Å²) in [5, 5.41) is 13.8. The van der Waals surface area contributed by atoms with E-state index in [1.165, 1.54) is 0 Å². The van der Waals surface area contributed by atoms with Crippen LogP contribution in [0.1, 0.15) is 40.5 Å². The Balaban J connectivity index is 2.61. The predicted molar refractivity (Wildman–Crippen MR) is 64.0 cm³/mol. The molecule has 0 aromatic heterocycles. The normalized spacial score (nSPS) is 29.4. The van der Waals surface area contributed by atoms with Crippen molar-refractivity contribution in [1.29, 1.82) is 0 Å². The van der Waals surface area contributed by atoms with E-state index in [1.807, 2.05) is 0 Å². The molecule has 0 aromatic rings. The lowest BCUT2D eigenvalue weighted by atomic mass is 9.94. The topological polar surface area (TPSA) is 35.5 Å². The summed E-state index contributed by atoms with van der Waals surface area (Å²) in [5.41, 5.74) is -0.500. The lowest BCUT2D eigenvalue weighted by Crippen LogP contribution is -2.59. The molecule has 2 unspecified atom stereocenters. The largest absolute Gasteiger partial charge is 0.389 e. The highest BCUT2D eigenvalue weighted by Crippen LogP contribution is 2.20. The van der Waals surface area contributed by atoms with Crippen LogP contribution >= 0.6 is 0 Å². The molecule has 0 radical (unpaired) electrons. The van der Waals surface area contributed by atoms with Crippen LogP contribution in [0.3, 0.4) is 0 Å². The molecular weight excluding hydrogens is 188 g/mol. The van der Waals surface area contributed by atoms with Crippen molar-refractivity contribution in [1.82, 2.24) is 10.2 Å². The molecule has 1 saturated heterocycles. The molecule has 1 fully saturated rings. The van der Waals surface area contributed by atoms with Gasteiger partial charge in [-0.2, -0.15) is 0 Å². The van der Waals surface area contributed by atoms with Crippen molar-refractivity contribution in [2.45, 2.75) is 58.2 Å². The molecule has 0 aliphatic carbocycles. The van der Waals surface area contributed by atoms with E-state index in [9.17, 15) is 5.11 Å². The molecule has 0 amide bonds. The van der Waals surface area contributed by atoms with Crippen LogP contribution in [-0.2, 0) is 0 Å². The van der Waals surface area contributed by atoms with Crippen molar-refractivity contribution >= 4 is 0 Å². The third-order valence-corrected chi connectivity index (χ3v) is 3.80. The highest BCUT2D eigenvalue weighted by molar-refractivity contribution is 4.88. The van der Waals surface area contributed by atoms with Gasteiger partial charge in [0.2, 0.25) is 0 Å². The van der Waals surface area contributed by atoms with E-state index in [2.05, 4.69) is 37.9 Å². The van der Waals surface area contributed by atoms with Gasteiger partial charge in [-0.1, -0.05) is 13.8 Å². The van der Waals surface area contributed by atoms with E-state index in [-0.39, 0.29) is 0 Å². The lowest BCUT2D eigenvalue weighted by Gasteiger charge is -2.43. The van der Waals surface area contributed by atoms with Gasteiger partial charge >= 0.3 is 0 Å². The molecule has 2 N–H and O–H groups in total. The van der Waals surface area contributed by atoms with Gasteiger partial charge in [0.05, 0.1) is 5.60 Å². The average Bonchev–Trinajstić information content (AvgIpc) is 2.23. The first-order valence-corrected chi connectivity index (χ1v) is 6.21. The Morgan fingerprint density at radius 3 is 2.07 bits per heavy atom. The fraction of sp³-hybridized carbons (Fsp3) is 1.00. The average molecular weight is 214 g/mol. The van der Waals surface area contributed by atoms with Crippen LogP contribution in [0.4, 0.5) is 0 Å². The second-order valence-electron chi connectivity index (χ2n) is 4.96. The van der Waals surface area contributed by atoms with Gasteiger partial charge in [-0.15, -0.1) is 0 Å². The number of aliphatic hydroxyl groups is 1. The Morgan fingerprint density at radius 1 is 1.20 bits per heavy atom. The van der Waals surface area contributed by atoms with Crippen LogP contribution in [0.15, 0.2) is 0 Å². The number of nitrogens with zero attached hydrogens (tertiary/aromatic N) is 1. The molecule has 1 aliphatic rings. The van der Waals surface area contributed by atoms with Crippen LogP contribution in [0.5, 0.6) is 0 Å². The first-order chi connectivity index (χ1) is 7.02. The van der Waals surface area contributed by atoms with Gasteiger partial charge in [-0.3, -0.25) is 4.90 Å². The van der Waals surface area contributed by atoms with E-state index in [4.69, 9.17) is 0 Å². The minimum absolute atomic E-state index is 0.500. The van der Waals surface area contributed by atoms with Crippen molar-refractivity contribution in [3.8, 4) is 0 Å². The summed E-state index contributed by atoms with van der Waals surface area (Å²) in [6, 6.07) is 1.05. The molecule has 1 rings (SSSR count). The zero-order valence-electron chi connectivity index (χ0n) is 10.6. The lowest BCUT2D eigenvalue weighted by molar-refractivity contribution is -0.0317. The zero-order valence-corrected chi connectivity index (χ0v) is 10.6. The summed E-state index contributed by atoms with van der Waals surface area (Å²) in [5.74, 6) is 0. The van der Waals surface area contributed by atoms with Crippen molar-refractivity contribution in [3.05, 3.63) is 0 Å². The maximum absolute atomic E-state index is 10.4. The predicted octanol–water partition coefficient (Wildman–Crippen LogP) is 1.22. The number of piperazine rings is 1. The summed E-state index contributed by atoms with van der Waals surface area (Å²) in [7, 11) is 0. The summed E-state index contributed by atoms with van der Waals surface area (Å²) in [6.45, 7) is 11.5. The third kappa shape index (κ3) is 3.16. The van der Waals surface area contributed by atoms with Crippen LogP contribution in [0.25, 0.3) is 0 Å². The Hall–Kier alpha value is -0.120. The van der Waals surface area contributed by atoms with Crippen molar-refractivity contribution in [3.63, 3.8) is 0 Å². The van der Waals surface area contributed by atoms with Gasteiger partial charge in [0.15, 0.2) is 0 Å². The summed E-state index contributed by atoms with van der Waals surface area (Å²) >= 11 is 0. The van der Waals surface area contributed by atoms with E-state index in [1.54, 1.807) is 0 Å². The van der Waals surface area contributed by atoms with Crippen molar-refractivity contribution in [2.75, 3.05) is 19.6 Å². The summed E-state index contributed by atoms with van der Waals surface area (Å²) in [6.07, 6.45) is 1.68. The second-order valence-corrected chi connectivity index (χ2v) is 4.96. The van der Waals surface area contributed by atoms with E-state index >= 15 is 0 Å². The third-order valence-electron chi connectivity index (χ3n) is 3.80. The molecule has 1 aliphatic heterocycles. The summed E-state index contributed by atoms with van der Waals surface area (Å²) < 4.78 is 0. The molecule has 0 aromatic carbocycles. The van der Waals surface area contributed by atoms with Crippen LogP contribution in [0.2, 0.25) is 0 Å². The van der Waals surface area contributed by atoms with Gasteiger partial charge in [0, 0.05) is 31.7 Å². The maximum Gasteiger partial charge on any atom is 0.0769 e. The zero-order chi connectivity index (χ0) is 11.5. The molecule has 0 spiro atoms. The van der Waals surface area contributed by atoms with Crippen molar-refractivity contribution in [2.24, 2.45) is 0 Å². The monoisotopic (exact) mass is 214 g/mol. The SMILES string of the molecule is CCC(O)(CC)CN1C(C)CNCC1C. The molecule has 15 heavy (non-hydrogen) atoms. The minimum atomic E-state index is -0.500. The second kappa shape index (κ2) is 5.28. The molecule has 2 atom stereocenters. The summed E-state index contributed by atoms with van der Waals surface area (Å²) in [4.78, 5) is 2.43. The molecule has 3 heteroatoms. The Kier molecular flexibility index (Phi) is 4.56. The first kappa shape index (κ1) is 12.9. The van der Waals surface area contributed by atoms with Gasteiger partial charge in [0.25, 0.3) is 0 Å². The molecular formula is C12H26N2O. The molecule has 0 bridgehead atoms. The standard InChI is InChI=1S/C12H26N2O/c1-5-12(15,6-2)9-14-10(3)7-13-8-11(14)4/h10-11,13,15H,5-9H2,1-4H3. The highest BCUT2D eigenvalue weighted by atomic mass is 16.3.